The second kappa shape index (κ2) is 14.1. The normalized spacial score (nSPS) is 12.1. The second-order valence-corrected chi connectivity index (χ2v) is 12.9. The van der Waals surface area contributed by atoms with Crippen LogP contribution in [0.1, 0.15) is 43.4 Å². The molecular weight excluding hydrogens is 614 g/mol. The van der Waals surface area contributed by atoms with E-state index in [0.717, 1.165) is 32.7 Å². The molecule has 40 heavy (non-hydrogen) atoms. The summed E-state index contributed by atoms with van der Waals surface area (Å²) in [5.74, 6) is -0.822. The van der Waals surface area contributed by atoms with Crippen LogP contribution in [0.2, 0.25) is 5.02 Å². The second-order valence-electron chi connectivity index (χ2n) is 9.73. The fraction of sp³-hybridized carbons (Fsp3) is 0.333. The molecular formula is C30H35BrClN3O4S. The van der Waals surface area contributed by atoms with Gasteiger partial charge in [-0.1, -0.05) is 76.8 Å². The van der Waals surface area contributed by atoms with Crippen molar-refractivity contribution in [3.8, 4) is 0 Å². The van der Waals surface area contributed by atoms with E-state index in [4.69, 9.17) is 11.6 Å². The Morgan fingerprint density at radius 2 is 1.73 bits per heavy atom. The highest BCUT2D eigenvalue weighted by Crippen LogP contribution is 2.30. The van der Waals surface area contributed by atoms with Crippen molar-refractivity contribution in [1.82, 2.24) is 10.2 Å². The molecule has 3 aromatic carbocycles. The molecule has 3 rings (SSSR count). The number of carbonyl (C=O) groups is 2. The van der Waals surface area contributed by atoms with Crippen LogP contribution in [0.15, 0.2) is 76.1 Å². The number of halogens is 2. The van der Waals surface area contributed by atoms with Crippen molar-refractivity contribution in [3.63, 3.8) is 0 Å². The molecule has 0 aliphatic carbocycles. The van der Waals surface area contributed by atoms with E-state index in [1.54, 1.807) is 38.1 Å². The zero-order valence-corrected chi connectivity index (χ0v) is 26.3. The van der Waals surface area contributed by atoms with Crippen molar-refractivity contribution >= 4 is 55.1 Å². The molecule has 10 heteroatoms. The molecule has 0 aliphatic rings. The first kappa shape index (κ1) is 31.6. The minimum absolute atomic E-state index is 0.0502. The van der Waals surface area contributed by atoms with Crippen molar-refractivity contribution < 1.29 is 18.0 Å². The first-order valence-electron chi connectivity index (χ1n) is 13.1. The van der Waals surface area contributed by atoms with Gasteiger partial charge in [0.15, 0.2) is 0 Å². The number of nitrogens with zero attached hydrogens (tertiary/aromatic N) is 2. The zero-order valence-electron chi connectivity index (χ0n) is 23.2. The number of amides is 2. The van der Waals surface area contributed by atoms with Crippen LogP contribution < -0.4 is 9.62 Å². The molecule has 0 saturated carbocycles. The maximum atomic E-state index is 14.0. The summed E-state index contributed by atoms with van der Waals surface area (Å²) in [6.45, 7) is 7.41. The van der Waals surface area contributed by atoms with Crippen LogP contribution in [0, 0.1) is 13.8 Å². The summed E-state index contributed by atoms with van der Waals surface area (Å²) in [5.41, 5.74) is 2.63. The Labute approximate surface area is 250 Å². The number of sulfonamides is 1. The summed E-state index contributed by atoms with van der Waals surface area (Å²) in [7, 11) is -4.16. The number of nitrogens with one attached hydrogen (secondary N) is 1. The lowest BCUT2D eigenvalue weighted by Crippen LogP contribution is -2.51. The van der Waals surface area contributed by atoms with Gasteiger partial charge >= 0.3 is 0 Å². The Morgan fingerprint density at radius 1 is 1.02 bits per heavy atom. The fourth-order valence-corrected chi connectivity index (χ4v) is 6.24. The van der Waals surface area contributed by atoms with Crippen LogP contribution in [0.3, 0.4) is 0 Å². The average Bonchev–Trinajstić information content (AvgIpc) is 2.91. The molecule has 3 aromatic rings. The number of hydrogen-bond donors (Lipinski definition) is 1. The molecule has 214 valence electrons. The number of benzene rings is 3. The lowest BCUT2D eigenvalue weighted by molar-refractivity contribution is -0.139. The van der Waals surface area contributed by atoms with Crippen LogP contribution in [-0.4, -0.2) is 44.3 Å². The predicted octanol–water partition coefficient (Wildman–Crippen LogP) is 6.25. The Balaban J connectivity index is 2.04. The van der Waals surface area contributed by atoms with E-state index < -0.39 is 28.5 Å². The number of aryl methyl sites for hydroxylation is 2. The summed E-state index contributed by atoms with van der Waals surface area (Å²) >= 11 is 9.73. The lowest BCUT2D eigenvalue weighted by Gasteiger charge is -2.32. The van der Waals surface area contributed by atoms with E-state index in [1.165, 1.54) is 23.1 Å². The Bertz CT molecular complexity index is 1450. The van der Waals surface area contributed by atoms with Crippen molar-refractivity contribution in [1.29, 1.82) is 0 Å². The fourth-order valence-electron chi connectivity index (χ4n) is 4.15. The smallest absolute Gasteiger partial charge is 0.264 e. The van der Waals surface area contributed by atoms with Crippen LogP contribution in [0.5, 0.6) is 0 Å². The molecule has 2 amide bonds. The van der Waals surface area contributed by atoms with Crippen LogP contribution >= 0.6 is 27.5 Å². The lowest BCUT2D eigenvalue weighted by atomic mass is 10.1. The van der Waals surface area contributed by atoms with Gasteiger partial charge in [0, 0.05) is 22.6 Å². The first-order valence-corrected chi connectivity index (χ1v) is 15.7. The number of rotatable bonds is 12. The third kappa shape index (κ3) is 8.08. The van der Waals surface area contributed by atoms with E-state index in [1.807, 2.05) is 38.1 Å². The Hall–Kier alpha value is -2.88. The summed E-state index contributed by atoms with van der Waals surface area (Å²) in [6.07, 6.45) is 1.73. The number of anilines is 1. The van der Waals surface area contributed by atoms with Crippen LogP contribution in [0.4, 0.5) is 5.69 Å². The van der Waals surface area contributed by atoms with E-state index in [2.05, 4.69) is 21.2 Å². The van der Waals surface area contributed by atoms with Crippen molar-refractivity contribution in [2.24, 2.45) is 0 Å². The quantitative estimate of drug-likeness (QED) is 0.235. The van der Waals surface area contributed by atoms with Gasteiger partial charge in [-0.3, -0.25) is 13.9 Å². The van der Waals surface area contributed by atoms with Gasteiger partial charge in [0.05, 0.1) is 10.6 Å². The van der Waals surface area contributed by atoms with Crippen LogP contribution in [0.25, 0.3) is 0 Å². The van der Waals surface area contributed by atoms with Gasteiger partial charge in [0.2, 0.25) is 11.8 Å². The first-order chi connectivity index (χ1) is 18.9. The van der Waals surface area contributed by atoms with E-state index in [9.17, 15) is 18.0 Å². The highest BCUT2D eigenvalue weighted by atomic mass is 79.9. The molecule has 0 saturated heterocycles. The largest absolute Gasteiger partial charge is 0.354 e. The van der Waals surface area contributed by atoms with Gasteiger partial charge in [0.25, 0.3) is 10.0 Å². The highest BCUT2D eigenvalue weighted by molar-refractivity contribution is 9.10. The topological polar surface area (TPSA) is 86.8 Å². The molecule has 0 unspecified atom stereocenters. The molecule has 1 atom stereocenters. The summed E-state index contributed by atoms with van der Waals surface area (Å²) < 4.78 is 29.9. The molecule has 0 aromatic heterocycles. The van der Waals surface area contributed by atoms with Gasteiger partial charge < -0.3 is 10.2 Å². The average molecular weight is 649 g/mol. The summed E-state index contributed by atoms with van der Waals surface area (Å²) in [6, 6.07) is 18.0. The molecule has 7 nitrogen and oxygen atoms in total. The minimum Gasteiger partial charge on any atom is -0.354 e. The van der Waals surface area contributed by atoms with Crippen molar-refractivity contribution in [2.45, 2.75) is 58.0 Å². The van der Waals surface area contributed by atoms with Gasteiger partial charge in [-0.15, -0.1) is 0 Å². The van der Waals surface area contributed by atoms with E-state index in [0.29, 0.717) is 22.8 Å². The number of carbonyl (C=O) groups excluding carboxylic acids is 2. The highest BCUT2D eigenvalue weighted by Gasteiger charge is 2.33. The van der Waals surface area contributed by atoms with Crippen LogP contribution in [-0.2, 0) is 26.2 Å². The van der Waals surface area contributed by atoms with E-state index >= 15 is 0 Å². The number of unbranched alkanes of at least 4 members (excludes halogenated alkanes) is 1. The monoisotopic (exact) mass is 647 g/mol. The third-order valence-corrected chi connectivity index (χ3v) is 9.07. The molecule has 0 spiro atoms. The number of hydrogen-bond acceptors (Lipinski definition) is 4. The third-order valence-electron chi connectivity index (χ3n) is 6.57. The van der Waals surface area contributed by atoms with Gasteiger partial charge in [-0.05, 0) is 74.7 Å². The maximum Gasteiger partial charge on any atom is 0.264 e. The molecule has 1 N–H and O–H groups in total. The zero-order chi connectivity index (χ0) is 29.4. The van der Waals surface area contributed by atoms with Gasteiger partial charge in [0.1, 0.15) is 12.6 Å². The standard InChI is InChI=1S/C30H35BrClN3O4S/c1-5-6-16-33-30(37)23(4)34(19-24-8-7-9-25(31)17-24)29(36)20-35(28-18-26(32)13-12-22(28)3)40(38,39)27-14-10-21(2)11-15-27/h7-15,17-18,23H,5-6,16,19-20H2,1-4H3,(H,33,37)/t23-/m0/s1. The molecule has 0 aliphatic heterocycles. The summed E-state index contributed by atoms with van der Waals surface area (Å²) in [5, 5.41) is 3.23. The molecule has 0 radical (unpaired) electrons. The molecule has 0 fully saturated rings. The minimum atomic E-state index is -4.16. The predicted molar refractivity (Wildman–Crippen MR) is 164 cm³/mol. The summed E-state index contributed by atoms with van der Waals surface area (Å²) in [4.78, 5) is 28.5. The molecule has 0 bridgehead atoms. The SMILES string of the molecule is CCCCNC(=O)[C@H](C)N(Cc1cccc(Br)c1)C(=O)CN(c1cc(Cl)ccc1C)S(=O)(=O)c1ccc(C)cc1. The Morgan fingerprint density at radius 3 is 2.38 bits per heavy atom. The van der Waals surface area contributed by atoms with Gasteiger partial charge in [-0.25, -0.2) is 8.42 Å². The van der Waals surface area contributed by atoms with Gasteiger partial charge in [-0.2, -0.15) is 0 Å². The van der Waals surface area contributed by atoms with Crippen molar-refractivity contribution in [2.75, 3.05) is 17.4 Å². The van der Waals surface area contributed by atoms with Crippen molar-refractivity contribution in [3.05, 3.63) is 92.9 Å². The maximum absolute atomic E-state index is 14.0. The molecule has 0 heterocycles. The van der Waals surface area contributed by atoms with E-state index in [-0.39, 0.29) is 17.3 Å². The Kier molecular flexibility index (Phi) is 11.2.